The van der Waals surface area contributed by atoms with E-state index < -0.39 is 4.92 Å². The number of benzene rings is 2. The normalized spacial score (nSPS) is 18.2. The summed E-state index contributed by atoms with van der Waals surface area (Å²) < 4.78 is 1.83. The largest absolute Gasteiger partial charge is 0.303 e. The third-order valence-electron chi connectivity index (χ3n) is 5.08. The first kappa shape index (κ1) is 18.3. The zero-order valence-electron chi connectivity index (χ0n) is 15.7. The van der Waals surface area contributed by atoms with E-state index in [1.54, 1.807) is 18.5 Å². The summed E-state index contributed by atoms with van der Waals surface area (Å²) in [6, 6.07) is 17.1. The van der Waals surface area contributed by atoms with Crippen molar-refractivity contribution in [3.8, 4) is 11.4 Å². The third-order valence-corrected chi connectivity index (χ3v) is 5.08. The van der Waals surface area contributed by atoms with Crippen molar-refractivity contribution < 1.29 is 4.92 Å². The van der Waals surface area contributed by atoms with Crippen molar-refractivity contribution in [3.05, 3.63) is 76.6 Å². The standard InChI is InChI=1S/C20H22N6O2/c1-23-11-12-24(19(13-23)16-5-3-2-4-6-16)15-25-14-21-20(22-25)17-7-9-18(10-8-17)26(27)28/h2-10,14,19H,11-13,15H2,1H3/t19-/m0/s1. The first-order chi connectivity index (χ1) is 13.6. The van der Waals surface area contributed by atoms with Crippen molar-refractivity contribution in [3.63, 3.8) is 0 Å². The summed E-state index contributed by atoms with van der Waals surface area (Å²) in [6.07, 6.45) is 1.72. The van der Waals surface area contributed by atoms with Gasteiger partial charge in [0, 0.05) is 43.4 Å². The molecular formula is C20H22N6O2. The van der Waals surface area contributed by atoms with E-state index in [-0.39, 0.29) is 5.69 Å². The summed E-state index contributed by atoms with van der Waals surface area (Å²) in [6.45, 7) is 3.57. The van der Waals surface area contributed by atoms with Gasteiger partial charge in [0.15, 0.2) is 5.82 Å². The van der Waals surface area contributed by atoms with Gasteiger partial charge in [0.1, 0.15) is 6.33 Å². The van der Waals surface area contributed by atoms with Crippen molar-refractivity contribution >= 4 is 5.69 Å². The Labute approximate surface area is 163 Å². The Hall–Kier alpha value is -3.10. The molecule has 144 valence electrons. The van der Waals surface area contributed by atoms with Crippen LogP contribution >= 0.6 is 0 Å². The van der Waals surface area contributed by atoms with Gasteiger partial charge < -0.3 is 4.90 Å². The molecule has 28 heavy (non-hydrogen) atoms. The van der Waals surface area contributed by atoms with Gasteiger partial charge in [0.2, 0.25) is 0 Å². The molecule has 0 radical (unpaired) electrons. The average molecular weight is 378 g/mol. The molecule has 1 atom stereocenters. The number of nitro groups is 1. The molecule has 0 spiro atoms. The molecular weight excluding hydrogens is 356 g/mol. The highest BCUT2D eigenvalue weighted by molar-refractivity contribution is 5.56. The first-order valence-electron chi connectivity index (χ1n) is 9.22. The number of hydrogen-bond donors (Lipinski definition) is 0. The lowest BCUT2D eigenvalue weighted by atomic mass is 10.0. The molecule has 1 fully saturated rings. The molecule has 0 aliphatic carbocycles. The van der Waals surface area contributed by atoms with Crippen LogP contribution in [-0.4, -0.2) is 56.2 Å². The number of nitrogens with zero attached hydrogens (tertiary/aromatic N) is 6. The lowest BCUT2D eigenvalue weighted by Crippen LogP contribution is -2.47. The monoisotopic (exact) mass is 378 g/mol. The highest BCUT2D eigenvalue weighted by Crippen LogP contribution is 2.25. The Balaban J connectivity index is 1.51. The summed E-state index contributed by atoms with van der Waals surface area (Å²) in [5.74, 6) is 0.570. The molecule has 8 nitrogen and oxygen atoms in total. The van der Waals surface area contributed by atoms with E-state index in [4.69, 9.17) is 0 Å². The van der Waals surface area contributed by atoms with Crippen LogP contribution in [-0.2, 0) is 6.67 Å². The second-order valence-corrected chi connectivity index (χ2v) is 7.05. The number of aromatic nitrogens is 3. The fraction of sp³-hybridized carbons (Fsp3) is 0.300. The summed E-state index contributed by atoms with van der Waals surface area (Å²) in [4.78, 5) is 19.5. The van der Waals surface area contributed by atoms with Gasteiger partial charge >= 0.3 is 0 Å². The van der Waals surface area contributed by atoms with Crippen molar-refractivity contribution in [2.45, 2.75) is 12.7 Å². The van der Waals surface area contributed by atoms with Crippen molar-refractivity contribution in [2.75, 3.05) is 26.7 Å². The molecule has 1 saturated heterocycles. The fourth-order valence-corrected chi connectivity index (χ4v) is 3.53. The van der Waals surface area contributed by atoms with Crippen LogP contribution in [0.25, 0.3) is 11.4 Å². The van der Waals surface area contributed by atoms with Gasteiger partial charge in [-0.2, -0.15) is 0 Å². The number of hydrogen-bond acceptors (Lipinski definition) is 6. The second-order valence-electron chi connectivity index (χ2n) is 7.05. The molecule has 2 heterocycles. The van der Waals surface area contributed by atoms with Gasteiger partial charge in [-0.15, -0.1) is 5.10 Å². The predicted molar refractivity (Wildman–Crippen MR) is 105 cm³/mol. The van der Waals surface area contributed by atoms with Gasteiger partial charge in [-0.1, -0.05) is 30.3 Å². The highest BCUT2D eigenvalue weighted by Gasteiger charge is 2.27. The average Bonchev–Trinajstić information content (AvgIpc) is 3.18. The smallest absolute Gasteiger partial charge is 0.269 e. The molecule has 0 saturated carbocycles. The molecule has 4 rings (SSSR count). The maximum atomic E-state index is 10.8. The number of rotatable bonds is 5. The summed E-state index contributed by atoms with van der Waals surface area (Å²) >= 11 is 0. The molecule has 1 aromatic heterocycles. The SMILES string of the molecule is CN1CCN(Cn2cnc(-c3ccc([N+](=O)[O-])cc3)n2)[C@H](c2ccccc2)C1. The number of likely N-dealkylation sites (N-methyl/N-ethyl adjacent to an activating group) is 1. The van der Waals surface area contributed by atoms with Gasteiger partial charge in [-0.3, -0.25) is 15.0 Å². The fourth-order valence-electron chi connectivity index (χ4n) is 3.53. The van der Waals surface area contributed by atoms with E-state index in [2.05, 4.69) is 51.2 Å². The summed E-state index contributed by atoms with van der Waals surface area (Å²) in [5, 5.41) is 15.4. The molecule has 2 aromatic carbocycles. The minimum Gasteiger partial charge on any atom is -0.303 e. The zero-order valence-corrected chi connectivity index (χ0v) is 15.7. The molecule has 0 unspecified atom stereocenters. The Kier molecular flexibility index (Phi) is 5.14. The van der Waals surface area contributed by atoms with Crippen LogP contribution in [0.2, 0.25) is 0 Å². The van der Waals surface area contributed by atoms with Crippen LogP contribution in [0.1, 0.15) is 11.6 Å². The van der Waals surface area contributed by atoms with Gasteiger partial charge in [-0.25, -0.2) is 9.67 Å². The van der Waals surface area contributed by atoms with Gasteiger partial charge in [0.05, 0.1) is 11.6 Å². The topological polar surface area (TPSA) is 80.3 Å². The summed E-state index contributed by atoms with van der Waals surface area (Å²) in [5.41, 5.74) is 2.12. The van der Waals surface area contributed by atoms with E-state index in [1.165, 1.54) is 17.7 Å². The van der Waals surface area contributed by atoms with Crippen LogP contribution in [0.15, 0.2) is 60.9 Å². The van der Waals surface area contributed by atoms with Gasteiger partial charge in [0.25, 0.3) is 5.69 Å². The van der Waals surface area contributed by atoms with Crippen LogP contribution in [0.5, 0.6) is 0 Å². The minimum atomic E-state index is -0.410. The van der Waals surface area contributed by atoms with Crippen LogP contribution in [0.4, 0.5) is 5.69 Å². The minimum absolute atomic E-state index is 0.0614. The van der Waals surface area contributed by atoms with Crippen molar-refractivity contribution in [2.24, 2.45) is 0 Å². The maximum Gasteiger partial charge on any atom is 0.269 e. The van der Waals surface area contributed by atoms with E-state index in [0.717, 1.165) is 25.2 Å². The Morgan fingerprint density at radius 1 is 1.11 bits per heavy atom. The van der Waals surface area contributed by atoms with Crippen LogP contribution in [0, 0.1) is 10.1 Å². The quantitative estimate of drug-likeness (QED) is 0.502. The lowest BCUT2D eigenvalue weighted by molar-refractivity contribution is -0.384. The number of piperazine rings is 1. The van der Waals surface area contributed by atoms with Crippen molar-refractivity contribution in [1.29, 1.82) is 0 Å². The molecule has 0 N–H and O–H groups in total. The highest BCUT2D eigenvalue weighted by atomic mass is 16.6. The Bertz CT molecular complexity index is 941. The Morgan fingerprint density at radius 2 is 1.86 bits per heavy atom. The first-order valence-corrected chi connectivity index (χ1v) is 9.22. The van der Waals surface area contributed by atoms with Gasteiger partial charge in [-0.05, 0) is 24.7 Å². The van der Waals surface area contributed by atoms with Crippen LogP contribution < -0.4 is 0 Å². The van der Waals surface area contributed by atoms with E-state index in [1.807, 2.05) is 10.7 Å². The number of non-ortho nitro benzene ring substituents is 1. The third kappa shape index (κ3) is 3.92. The molecule has 0 bridgehead atoms. The van der Waals surface area contributed by atoms with E-state index in [0.29, 0.717) is 18.5 Å². The lowest BCUT2D eigenvalue weighted by Gasteiger charge is -2.40. The second kappa shape index (κ2) is 7.87. The molecule has 3 aromatic rings. The molecule has 1 aliphatic heterocycles. The van der Waals surface area contributed by atoms with E-state index in [9.17, 15) is 10.1 Å². The summed E-state index contributed by atoms with van der Waals surface area (Å²) in [7, 11) is 2.15. The predicted octanol–water partition coefficient (Wildman–Crippen LogP) is 2.80. The van der Waals surface area contributed by atoms with Crippen LogP contribution in [0.3, 0.4) is 0 Å². The number of nitro benzene ring substituents is 1. The maximum absolute atomic E-state index is 10.8. The molecule has 8 heteroatoms. The van der Waals surface area contributed by atoms with E-state index >= 15 is 0 Å². The molecule has 0 amide bonds. The Morgan fingerprint density at radius 3 is 2.57 bits per heavy atom. The zero-order chi connectivity index (χ0) is 19.5. The molecule has 1 aliphatic rings. The van der Waals surface area contributed by atoms with Crippen molar-refractivity contribution in [1.82, 2.24) is 24.6 Å².